The third kappa shape index (κ3) is 2.67. The summed E-state index contributed by atoms with van der Waals surface area (Å²) in [4.78, 5) is 12.4. The number of aliphatic hydroxyl groups is 1. The van der Waals surface area contributed by atoms with Crippen LogP contribution < -0.4 is 0 Å². The van der Waals surface area contributed by atoms with Crippen molar-refractivity contribution in [2.75, 3.05) is 0 Å². The third-order valence-electron chi connectivity index (χ3n) is 2.87. The highest BCUT2D eigenvalue weighted by Gasteiger charge is 2.45. The quantitative estimate of drug-likeness (QED) is 0.856. The van der Waals surface area contributed by atoms with Crippen molar-refractivity contribution in [2.24, 2.45) is 5.92 Å². The van der Waals surface area contributed by atoms with Gasteiger partial charge in [0.25, 0.3) is 0 Å². The van der Waals surface area contributed by atoms with Crippen molar-refractivity contribution in [3.63, 3.8) is 0 Å². The molecule has 0 spiro atoms. The Morgan fingerprint density at radius 2 is 1.94 bits per heavy atom. The van der Waals surface area contributed by atoms with Gasteiger partial charge in [-0.1, -0.05) is 13.8 Å². The summed E-state index contributed by atoms with van der Waals surface area (Å²) in [6, 6.07) is 5.83. The minimum absolute atomic E-state index is 0.0720. The number of cyclic esters (lactones) is 1. The Morgan fingerprint density at radius 1 is 1.33 bits per heavy atom. The Kier molecular flexibility index (Phi) is 3.92. The van der Waals surface area contributed by atoms with Crippen LogP contribution >= 0.6 is 11.8 Å². The first kappa shape index (κ1) is 13.4. The van der Waals surface area contributed by atoms with E-state index >= 15 is 0 Å². The summed E-state index contributed by atoms with van der Waals surface area (Å²) in [6.07, 6.45) is -1.29. The Balaban J connectivity index is 2.09. The number of carbonyl (C=O) groups excluding carboxylic acids is 1. The number of hydrogen-bond donors (Lipinski definition) is 1. The number of aliphatic hydroxyl groups excluding tert-OH is 1. The highest BCUT2D eigenvalue weighted by Crippen LogP contribution is 2.34. The Morgan fingerprint density at radius 3 is 2.44 bits per heavy atom. The summed E-state index contributed by atoms with van der Waals surface area (Å²) in [5, 5.41) is 9.43. The number of benzene rings is 1. The minimum Gasteiger partial charge on any atom is -0.458 e. The van der Waals surface area contributed by atoms with Crippen molar-refractivity contribution in [2.45, 2.75) is 36.2 Å². The van der Waals surface area contributed by atoms with Gasteiger partial charge >= 0.3 is 5.97 Å². The first-order valence-corrected chi connectivity index (χ1v) is 6.68. The van der Waals surface area contributed by atoms with Crippen molar-refractivity contribution >= 4 is 17.7 Å². The van der Waals surface area contributed by atoms with Gasteiger partial charge < -0.3 is 9.84 Å². The summed E-state index contributed by atoms with van der Waals surface area (Å²) < 4.78 is 17.9. The molecular weight excluding hydrogens is 255 g/mol. The zero-order chi connectivity index (χ0) is 13.3. The fourth-order valence-corrected chi connectivity index (χ4v) is 2.92. The summed E-state index contributed by atoms with van der Waals surface area (Å²) in [6.45, 7) is 3.79. The molecule has 0 saturated carbocycles. The van der Waals surface area contributed by atoms with E-state index < -0.39 is 23.4 Å². The number of halogens is 1. The fraction of sp³-hybridized carbons (Fsp3) is 0.462. The van der Waals surface area contributed by atoms with Gasteiger partial charge in [0.15, 0.2) is 0 Å². The van der Waals surface area contributed by atoms with E-state index in [0.717, 1.165) is 4.90 Å². The number of esters is 1. The molecule has 0 aliphatic carbocycles. The molecular formula is C13H15FO3S. The van der Waals surface area contributed by atoms with Crippen LogP contribution in [-0.4, -0.2) is 28.5 Å². The van der Waals surface area contributed by atoms with Crippen molar-refractivity contribution in [3.05, 3.63) is 30.1 Å². The largest absolute Gasteiger partial charge is 0.458 e. The standard InChI is InChI=1S/C13H15FO3S/c1-7(2)11-10(15)12(13(16)17-11)18-9-5-3-8(14)4-6-9/h3-7,10-12,15H,1-2H3/t10-,11+,12-/m1/s1. The predicted molar refractivity (Wildman–Crippen MR) is 66.8 cm³/mol. The smallest absolute Gasteiger partial charge is 0.322 e. The molecule has 1 aromatic carbocycles. The maximum atomic E-state index is 12.8. The number of thioether (sulfide) groups is 1. The molecule has 0 amide bonds. The molecule has 98 valence electrons. The summed E-state index contributed by atoms with van der Waals surface area (Å²) in [5.41, 5.74) is 0. The van der Waals surface area contributed by atoms with Gasteiger partial charge in [-0.05, 0) is 30.2 Å². The van der Waals surface area contributed by atoms with E-state index in [1.807, 2.05) is 13.8 Å². The average molecular weight is 270 g/mol. The molecule has 1 aliphatic heterocycles. The summed E-state index contributed by atoms with van der Waals surface area (Å²) in [7, 11) is 0. The fourth-order valence-electron chi connectivity index (χ4n) is 1.89. The van der Waals surface area contributed by atoms with Crippen LogP contribution in [0.1, 0.15) is 13.8 Å². The van der Waals surface area contributed by atoms with E-state index in [0.29, 0.717) is 0 Å². The van der Waals surface area contributed by atoms with Crippen LogP contribution in [0.4, 0.5) is 4.39 Å². The molecule has 1 N–H and O–H groups in total. The summed E-state index contributed by atoms with van der Waals surface area (Å²) >= 11 is 1.21. The van der Waals surface area contributed by atoms with E-state index in [1.165, 1.54) is 23.9 Å². The number of carbonyl (C=O) groups is 1. The van der Waals surface area contributed by atoms with Gasteiger partial charge in [-0.25, -0.2) is 4.39 Å². The van der Waals surface area contributed by atoms with Crippen LogP contribution in [0.5, 0.6) is 0 Å². The van der Waals surface area contributed by atoms with Gasteiger partial charge in [0, 0.05) is 4.90 Å². The SMILES string of the molecule is CC(C)[C@@H]1OC(=O)[C@H](Sc2ccc(F)cc2)[C@@H]1O. The lowest BCUT2D eigenvalue weighted by Gasteiger charge is -2.18. The van der Waals surface area contributed by atoms with Crippen LogP contribution in [0, 0.1) is 11.7 Å². The Bertz CT molecular complexity index is 432. The monoisotopic (exact) mass is 270 g/mol. The van der Waals surface area contributed by atoms with E-state index in [9.17, 15) is 14.3 Å². The van der Waals surface area contributed by atoms with Crippen LogP contribution in [-0.2, 0) is 9.53 Å². The van der Waals surface area contributed by atoms with Gasteiger partial charge in [-0.2, -0.15) is 0 Å². The highest BCUT2D eigenvalue weighted by atomic mass is 32.2. The molecule has 3 nitrogen and oxygen atoms in total. The molecule has 1 heterocycles. The van der Waals surface area contributed by atoms with Crippen LogP contribution in [0.15, 0.2) is 29.2 Å². The molecule has 0 aromatic heterocycles. The second kappa shape index (κ2) is 5.28. The minimum atomic E-state index is -0.826. The normalized spacial score (nSPS) is 27.6. The van der Waals surface area contributed by atoms with Crippen molar-refractivity contribution < 1.29 is 19.0 Å². The van der Waals surface area contributed by atoms with E-state index in [-0.39, 0.29) is 11.7 Å². The van der Waals surface area contributed by atoms with Crippen molar-refractivity contribution in [3.8, 4) is 0 Å². The molecule has 3 atom stereocenters. The first-order valence-electron chi connectivity index (χ1n) is 5.80. The second-order valence-corrected chi connectivity index (χ2v) is 5.84. The molecule has 18 heavy (non-hydrogen) atoms. The predicted octanol–water partition coefficient (Wildman–Crippen LogP) is 2.23. The molecule has 2 rings (SSSR count). The second-order valence-electron chi connectivity index (χ2n) is 4.63. The lowest BCUT2D eigenvalue weighted by Crippen LogP contribution is -2.32. The van der Waals surface area contributed by atoms with Crippen LogP contribution in [0.25, 0.3) is 0 Å². The molecule has 0 radical (unpaired) electrons. The van der Waals surface area contributed by atoms with E-state index in [1.54, 1.807) is 12.1 Å². The third-order valence-corrected chi connectivity index (χ3v) is 4.13. The van der Waals surface area contributed by atoms with Crippen LogP contribution in [0.3, 0.4) is 0 Å². The van der Waals surface area contributed by atoms with Gasteiger partial charge in [-0.3, -0.25) is 4.79 Å². The Hall–Kier alpha value is -1.07. The number of ether oxygens (including phenoxy) is 1. The topological polar surface area (TPSA) is 46.5 Å². The maximum absolute atomic E-state index is 12.8. The lowest BCUT2D eigenvalue weighted by molar-refractivity contribution is -0.143. The highest BCUT2D eigenvalue weighted by molar-refractivity contribution is 8.00. The zero-order valence-electron chi connectivity index (χ0n) is 10.2. The van der Waals surface area contributed by atoms with Crippen LogP contribution in [0.2, 0.25) is 0 Å². The molecule has 0 unspecified atom stereocenters. The maximum Gasteiger partial charge on any atom is 0.322 e. The zero-order valence-corrected chi connectivity index (χ0v) is 11.0. The summed E-state index contributed by atoms with van der Waals surface area (Å²) in [5.74, 6) is -0.660. The van der Waals surface area contributed by atoms with Gasteiger partial charge in [0.2, 0.25) is 0 Å². The molecule has 5 heteroatoms. The number of rotatable bonds is 3. The number of hydrogen-bond acceptors (Lipinski definition) is 4. The van der Waals surface area contributed by atoms with E-state index in [2.05, 4.69) is 0 Å². The van der Waals surface area contributed by atoms with Crippen molar-refractivity contribution in [1.82, 2.24) is 0 Å². The molecule has 1 aliphatic rings. The molecule has 1 aromatic rings. The van der Waals surface area contributed by atoms with Gasteiger partial charge in [-0.15, -0.1) is 11.8 Å². The Labute approximate surface area is 109 Å². The van der Waals surface area contributed by atoms with Gasteiger partial charge in [0.1, 0.15) is 23.3 Å². The van der Waals surface area contributed by atoms with Gasteiger partial charge in [0.05, 0.1) is 0 Å². The average Bonchev–Trinajstić information content (AvgIpc) is 2.60. The first-order chi connectivity index (χ1) is 8.49. The van der Waals surface area contributed by atoms with E-state index in [4.69, 9.17) is 4.74 Å². The molecule has 1 fully saturated rings. The lowest BCUT2D eigenvalue weighted by atomic mass is 10.0. The van der Waals surface area contributed by atoms with Crippen molar-refractivity contribution in [1.29, 1.82) is 0 Å². The molecule has 1 saturated heterocycles. The molecule has 0 bridgehead atoms.